The molecule has 1 fully saturated rings. The highest BCUT2D eigenvalue weighted by Gasteiger charge is 2.26. The molecule has 1 saturated heterocycles. The normalized spacial score (nSPS) is 19.0. The summed E-state index contributed by atoms with van der Waals surface area (Å²) in [4.78, 5) is 17.8. The van der Waals surface area contributed by atoms with Gasteiger partial charge in [0.15, 0.2) is 5.03 Å². The molecule has 1 N–H and O–H groups in total. The van der Waals surface area contributed by atoms with Gasteiger partial charge in [0.25, 0.3) is 10.0 Å². The maximum absolute atomic E-state index is 12.4. The number of nitrogens with one attached hydrogen (secondary N) is 1. The van der Waals surface area contributed by atoms with Gasteiger partial charge in [-0.1, -0.05) is 6.92 Å². The zero-order chi connectivity index (χ0) is 17.0. The molecule has 1 aromatic rings. The largest absolute Gasteiger partial charge is 0.465 e. The van der Waals surface area contributed by atoms with Gasteiger partial charge in [-0.2, -0.15) is 0 Å². The monoisotopic (exact) mass is 341 g/mol. The summed E-state index contributed by atoms with van der Waals surface area (Å²) < 4.78 is 32.0. The van der Waals surface area contributed by atoms with Crippen LogP contribution in [-0.4, -0.2) is 57.1 Å². The van der Waals surface area contributed by atoms with Crippen molar-refractivity contribution in [2.45, 2.75) is 37.8 Å². The van der Waals surface area contributed by atoms with E-state index in [-0.39, 0.29) is 16.6 Å². The third-order valence-electron chi connectivity index (χ3n) is 4.16. The summed E-state index contributed by atoms with van der Waals surface area (Å²) in [6.07, 6.45) is 2.08. The fourth-order valence-corrected chi connectivity index (χ4v) is 3.90. The first-order chi connectivity index (χ1) is 10.9. The van der Waals surface area contributed by atoms with Crippen LogP contribution in [0.2, 0.25) is 0 Å². The molecule has 1 aromatic heterocycles. The van der Waals surface area contributed by atoms with Crippen LogP contribution < -0.4 is 4.72 Å². The Morgan fingerprint density at radius 1 is 1.48 bits per heavy atom. The predicted octanol–water partition coefficient (Wildman–Crippen LogP) is 0.939. The van der Waals surface area contributed by atoms with E-state index < -0.39 is 16.0 Å². The van der Waals surface area contributed by atoms with Gasteiger partial charge in [0.2, 0.25) is 0 Å². The second-order valence-electron chi connectivity index (χ2n) is 5.55. The van der Waals surface area contributed by atoms with Gasteiger partial charge in [-0.05, 0) is 45.0 Å². The van der Waals surface area contributed by atoms with Crippen molar-refractivity contribution in [3.05, 3.63) is 23.4 Å². The Kier molecular flexibility index (Phi) is 5.72. The summed E-state index contributed by atoms with van der Waals surface area (Å²) in [5, 5.41) is -0.0799. The first kappa shape index (κ1) is 17.8. The minimum atomic E-state index is -3.69. The summed E-state index contributed by atoms with van der Waals surface area (Å²) in [7, 11) is -2.42. The highest BCUT2D eigenvalue weighted by molar-refractivity contribution is 7.89. The molecule has 7 nitrogen and oxygen atoms in total. The zero-order valence-corrected chi connectivity index (χ0v) is 14.5. The molecule has 23 heavy (non-hydrogen) atoms. The molecule has 1 aliphatic rings. The highest BCUT2D eigenvalue weighted by Crippen LogP contribution is 2.17. The predicted molar refractivity (Wildman–Crippen MR) is 85.8 cm³/mol. The number of hydrogen-bond acceptors (Lipinski definition) is 6. The first-order valence-corrected chi connectivity index (χ1v) is 9.17. The number of sulfonamides is 1. The minimum Gasteiger partial charge on any atom is -0.465 e. The topological polar surface area (TPSA) is 88.6 Å². The van der Waals surface area contributed by atoms with Gasteiger partial charge in [-0.25, -0.2) is 22.9 Å². The van der Waals surface area contributed by atoms with Crippen LogP contribution in [0, 0.1) is 6.92 Å². The smallest absolute Gasteiger partial charge is 0.339 e. The van der Waals surface area contributed by atoms with E-state index in [1.807, 2.05) is 0 Å². The van der Waals surface area contributed by atoms with Gasteiger partial charge in [0.05, 0.1) is 18.4 Å². The van der Waals surface area contributed by atoms with Crippen LogP contribution in [0.5, 0.6) is 0 Å². The van der Waals surface area contributed by atoms with Gasteiger partial charge in [-0.15, -0.1) is 0 Å². The van der Waals surface area contributed by atoms with Crippen LogP contribution in [0.15, 0.2) is 17.2 Å². The number of aromatic nitrogens is 1. The lowest BCUT2D eigenvalue weighted by molar-refractivity contribution is 0.0599. The van der Waals surface area contributed by atoms with Crippen molar-refractivity contribution in [2.75, 3.05) is 26.7 Å². The van der Waals surface area contributed by atoms with Crippen molar-refractivity contribution in [1.82, 2.24) is 14.6 Å². The zero-order valence-electron chi connectivity index (χ0n) is 13.7. The summed E-state index contributed by atoms with van der Waals surface area (Å²) in [5.41, 5.74) is 0.593. The number of carbonyl (C=O) groups is 1. The molecule has 0 amide bonds. The molecule has 128 valence electrons. The number of esters is 1. The Balaban J connectivity index is 2.10. The van der Waals surface area contributed by atoms with Crippen molar-refractivity contribution in [3.8, 4) is 0 Å². The lowest BCUT2D eigenvalue weighted by atomic mass is 10.2. The fourth-order valence-electron chi connectivity index (χ4n) is 2.84. The average molecular weight is 341 g/mol. The second-order valence-corrected chi connectivity index (χ2v) is 7.26. The number of nitrogens with zero attached hydrogens (tertiary/aromatic N) is 2. The van der Waals surface area contributed by atoms with Gasteiger partial charge < -0.3 is 4.74 Å². The average Bonchev–Trinajstić information content (AvgIpc) is 2.99. The number of pyridine rings is 1. The number of likely N-dealkylation sites (tertiary alicyclic amines) is 1. The van der Waals surface area contributed by atoms with Gasteiger partial charge >= 0.3 is 5.97 Å². The number of rotatable bonds is 6. The Labute approximate surface area is 137 Å². The van der Waals surface area contributed by atoms with E-state index in [9.17, 15) is 13.2 Å². The van der Waals surface area contributed by atoms with Gasteiger partial charge in [0, 0.05) is 12.6 Å². The molecule has 1 unspecified atom stereocenters. The van der Waals surface area contributed by atoms with Crippen LogP contribution >= 0.6 is 0 Å². The van der Waals surface area contributed by atoms with E-state index in [0.717, 1.165) is 25.9 Å². The standard InChI is InChI=1S/C15H23N3O4S/c1-4-18-9-5-6-12(18)10-16-23(20,21)14-8-7-13(11(2)17-14)15(19)22-3/h7-8,12,16H,4-6,9-10H2,1-3H3. The lowest BCUT2D eigenvalue weighted by Gasteiger charge is -2.22. The Hall–Kier alpha value is -1.51. The highest BCUT2D eigenvalue weighted by atomic mass is 32.2. The molecule has 0 spiro atoms. The molecule has 0 aromatic carbocycles. The Morgan fingerprint density at radius 3 is 2.83 bits per heavy atom. The lowest BCUT2D eigenvalue weighted by Crippen LogP contribution is -2.40. The van der Waals surface area contributed by atoms with Crippen LogP contribution in [0.25, 0.3) is 0 Å². The third kappa shape index (κ3) is 4.07. The third-order valence-corrected chi connectivity index (χ3v) is 5.48. The summed E-state index contributed by atoms with van der Waals surface area (Å²) >= 11 is 0. The molecular formula is C15H23N3O4S. The van der Waals surface area contributed by atoms with Crippen LogP contribution in [0.1, 0.15) is 35.8 Å². The van der Waals surface area contributed by atoms with E-state index in [0.29, 0.717) is 12.2 Å². The number of ether oxygens (including phenoxy) is 1. The number of carbonyl (C=O) groups excluding carboxylic acids is 1. The van der Waals surface area contributed by atoms with E-state index in [1.165, 1.54) is 19.2 Å². The Bertz CT molecular complexity index is 675. The molecule has 0 aliphatic carbocycles. The van der Waals surface area contributed by atoms with Gasteiger partial charge in [-0.3, -0.25) is 4.90 Å². The number of methoxy groups -OCH3 is 1. The minimum absolute atomic E-state index is 0.0799. The van der Waals surface area contributed by atoms with Crippen molar-refractivity contribution in [3.63, 3.8) is 0 Å². The van der Waals surface area contributed by atoms with Crippen molar-refractivity contribution in [1.29, 1.82) is 0 Å². The van der Waals surface area contributed by atoms with E-state index in [1.54, 1.807) is 6.92 Å². The van der Waals surface area contributed by atoms with Gasteiger partial charge in [0.1, 0.15) is 0 Å². The van der Waals surface area contributed by atoms with Crippen molar-refractivity contribution in [2.24, 2.45) is 0 Å². The molecule has 2 heterocycles. The second kappa shape index (κ2) is 7.37. The summed E-state index contributed by atoms with van der Waals surface area (Å²) in [6, 6.07) is 2.98. The maximum Gasteiger partial charge on any atom is 0.339 e. The fraction of sp³-hybridized carbons (Fsp3) is 0.600. The van der Waals surface area contributed by atoms with Crippen LogP contribution in [-0.2, 0) is 14.8 Å². The number of hydrogen-bond donors (Lipinski definition) is 1. The van der Waals surface area contributed by atoms with E-state index in [2.05, 4.69) is 26.3 Å². The maximum atomic E-state index is 12.4. The molecule has 0 radical (unpaired) electrons. The number of likely N-dealkylation sites (N-methyl/N-ethyl adjacent to an activating group) is 1. The van der Waals surface area contributed by atoms with Crippen LogP contribution in [0.4, 0.5) is 0 Å². The summed E-state index contributed by atoms with van der Waals surface area (Å²) in [5.74, 6) is -0.531. The molecule has 1 atom stereocenters. The summed E-state index contributed by atoms with van der Waals surface area (Å²) in [6.45, 7) is 5.95. The quantitative estimate of drug-likeness (QED) is 0.775. The number of aryl methyl sites for hydroxylation is 1. The van der Waals surface area contributed by atoms with Crippen molar-refractivity contribution >= 4 is 16.0 Å². The molecule has 0 saturated carbocycles. The molecule has 1 aliphatic heterocycles. The van der Waals surface area contributed by atoms with Crippen molar-refractivity contribution < 1.29 is 17.9 Å². The Morgan fingerprint density at radius 2 is 2.22 bits per heavy atom. The SMILES string of the molecule is CCN1CCCC1CNS(=O)(=O)c1ccc(C(=O)OC)c(C)n1. The van der Waals surface area contributed by atoms with Crippen LogP contribution in [0.3, 0.4) is 0 Å². The molecule has 8 heteroatoms. The van der Waals surface area contributed by atoms with E-state index in [4.69, 9.17) is 0 Å². The first-order valence-electron chi connectivity index (χ1n) is 7.68. The molecule has 2 rings (SSSR count). The van der Waals surface area contributed by atoms with E-state index >= 15 is 0 Å². The molecule has 0 bridgehead atoms. The molecular weight excluding hydrogens is 318 g/mol.